The van der Waals surface area contributed by atoms with E-state index in [9.17, 15) is 33.6 Å². The number of hydrogen-bond donors (Lipinski definition) is 6. The van der Waals surface area contributed by atoms with Gasteiger partial charge >= 0.3 is 18.3 Å². The number of anilines is 1. The summed E-state index contributed by atoms with van der Waals surface area (Å²) in [5, 5.41) is 14.0. The van der Waals surface area contributed by atoms with Gasteiger partial charge in [0.25, 0.3) is 0 Å². The monoisotopic (exact) mass is 1090 g/mol. The average molecular weight is 1090 g/mol. The Hall–Kier alpha value is -9.52. The molecule has 0 aromatic heterocycles. The SMILES string of the molecule is CC(C)(C)OC(=O)N[C@@H](Cc1ccc(OCc2ccccc2)cc1)C(=O)N[C@@H](CCCN(C(=O)OCc1ccccc1)/C(N)=N/C(=O)OCc1ccccc1)C(=O)N[C@@H](CC1C(=O)Nc2ccccc21)C(=O)NCc1ccccc1. The number of carbonyl (C=O) groups excluding carboxylic acids is 7. The zero-order chi connectivity index (χ0) is 56.9. The van der Waals surface area contributed by atoms with E-state index in [4.69, 9.17) is 24.7 Å². The minimum atomic E-state index is -1.48. The number of carbonyl (C=O) groups is 7. The van der Waals surface area contributed by atoms with Gasteiger partial charge in [0.15, 0.2) is 0 Å². The minimum Gasteiger partial charge on any atom is -0.489 e. The quantitative estimate of drug-likeness (QED) is 0.0202. The van der Waals surface area contributed by atoms with Crippen LogP contribution in [0.25, 0.3) is 0 Å². The van der Waals surface area contributed by atoms with Gasteiger partial charge in [-0.1, -0.05) is 152 Å². The molecule has 19 heteroatoms. The number of benzene rings is 6. The van der Waals surface area contributed by atoms with E-state index in [0.29, 0.717) is 40.3 Å². The van der Waals surface area contributed by atoms with E-state index in [1.165, 1.54) is 0 Å². The van der Waals surface area contributed by atoms with Crippen LogP contribution in [0.4, 0.5) is 20.1 Å². The number of nitrogens with two attached hydrogens (primary N) is 1. The Kier molecular flexibility index (Phi) is 20.9. The first-order valence-corrected chi connectivity index (χ1v) is 26.2. The fourth-order valence-corrected chi connectivity index (χ4v) is 8.51. The molecule has 0 saturated heterocycles. The first kappa shape index (κ1) is 58.2. The molecule has 0 radical (unpaired) electrons. The number of aliphatic imine (C=N–C) groups is 1. The molecule has 0 spiro atoms. The lowest BCUT2D eigenvalue weighted by Gasteiger charge is -2.28. The largest absolute Gasteiger partial charge is 0.489 e. The van der Waals surface area contributed by atoms with E-state index < -0.39 is 71.6 Å². The lowest BCUT2D eigenvalue weighted by molar-refractivity contribution is -0.133. The van der Waals surface area contributed by atoms with Gasteiger partial charge in [-0.3, -0.25) is 19.2 Å². The van der Waals surface area contributed by atoms with E-state index in [2.05, 4.69) is 31.6 Å². The average Bonchev–Trinajstić information content (AvgIpc) is 3.78. The Morgan fingerprint density at radius 1 is 0.613 bits per heavy atom. The molecule has 6 aromatic carbocycles. The van der Waals surface area contributed by atoms with Crippen LogP contribution in [0.1, 0.15) is 79.3 Å². The molecule has 6 aromatic rings. The van der Waals surface area contributed by atoms with Gasteiger partial charge in [0.1, 0.15) is 49.3 Å². The molecule has 0 fully saturated rings. The van der Waals surface area contributed by atoms with E-state index >= 15 is 0 Å². The Bertz CT molecular complexity index is 3070. The van der Waals surface area contributed by atoms with Crippen molar-refractivity contribution >= 4 is 53.6 Å². The number of alkyl carbamates (subject to hydrolysis) is 1. The summed E-state index contributed by atoms with van der Waals surface area (Å²) in [6, 6.07) is 46.2. The van der Waals surface area contributed by atoms with Crippen molar-refractivity contribution in [1.82, 2.24) is 26.2 Å². The fraction of sp³-hybridized carbons (Fsp3) is 0.279. The molecule has 416 valence electrons. The van der Waals surface area contributed by atoms with Gasteiger partial charge < -0.3 is 51.3 Å². The maximum absolute atomic E-state index is 15.0. The second-order valence-electron chi connectivity index (χ2n) is 19.9. The molecule has 1 heterocycles. The number of ether oxygens (including phenoxy) is 4. The van der Waals surface area contributed by atoms with E-state index in [0.717, 1.165) is 16.0 Å². The molecule has 4 atom stereocenters. The van der Waals surface area contributed by atoms with Gasteiger partial charge in [-0.2, -0.15) is 0 Å². The standard InChI is InChI=1S/C61H66N8O11/c1-61(2,3)80-59(75)67-51(35-41-30-32-46(33-31-41)77-38-43-21-10-5-11-22-43)56(73)65-50(55(72)66-52(54(71)63-37-42-19-8-4-9-20-42)36-48-47-27-16-17-28-49(47)64-53(48)70)29-18-34-69(60(76)79-40-45-25-14-7-15-26-45)57(62)68-58(74)78-39-44-23-12-6-13-24-44/h4-17,19-28,30-33,48,50-52H,18,29,34-40H2,1-3H3,(H,63,71)(H,64,70)(H,65,73)(H,66,72)(H,67,75)(H2,62,68,74)/t48?,50-,51-,52-/m0/s1. The van der Waals surface area contributed by atoms with Crippen LogP contribution in [0, 0.1) is 0 Å². The van der Waals surface area contributed by atoms with Crippen molar-refractivity contribution in [1.29, 1.82) is 0 Å². The van der Waals surface area contributed by atoms with E-state index in [-0.39, 0.29) is 57.9 Å². The van der Waals surface area contributed by atoms with Crippen LogP contribution in [-0.4, -0.2) is 83.0 Å². The van der Waals surface area contributed by atoms with Gasteiger partial charge in [-0.05, 0) is 91.6 Å². The van der Waals surface area contributed by atoms with Gasteiger partial charge in [0.2, 0.25) is 29.6 Å². The Balaban J connectivity index is 1.16. The fourth-order valence-electron chi connectivity index (χ4n) is 8.51. The molecule has 0 aliphatic carbocycles. The van der Waals surface area contributed by atoms with Crippen molar-refractivity contribution in [2.75, 3.05) is 11.9 Å². The number of amides is 7. The molecule has 7 rings (SSSR count). The third-order valence-electron chi connectivity index (χ3n) is 12.6. The highest BCUT2D eigenvalue weighted by atomic mass is 16.6. The van der Waals surface area contributed by atoms with Crippen molar-refractivity contribution < 1.29 is 52.5 Å². The van der Waals surface area contributed by atoms with Crippen molar-refractivity contribution in [3.8, 4) is 5.75 Å². The predicted molar refractivity (Wildman–Crippen MR) is 299 cm³/mol. The number of rotatable bonds is 23. The van der Waals surface area contributed by atoms with Gasteiger partial charge in [-0.15, -0.1) is 4.99 Å². The van der Waals surface area contributed by atoms with Gasteiger partial charge in [0, 0.05) is 25.2 Å². The number of fused-ring (bicyclic) bond motifs is 1. The number of nitrogens with zero attached hydrogens (tertiary/aromatic N) is 2. The zero-order valence-electron chi connectivity index (χ0n) is 44.8. The molecule has 0 saturated carbocycles. The first-order valence-electron chi connectivity index (χ1n) is 26.2. The molecular formula is C61H66N8O11. The predicted octanol–water partition coefficient (Wildman–Crippen LogP) is 8.18. The van der Waals surface area contributed by atoms with Crippen LogP contribution in [0.3, 0.4) is 0 Å². The van der Waals surface area contributed by atoms with Crippen molar-refractivity contribution in [2.45, 2.75) is 102 Å². The first-order chi connectivity index (χ1) is 38.6. The number of nitrogens with one attached hydrogen (secondary N) is 5. The topological polar surface area (TPSA) is 258 Å². The second kappa shape index (κ2) is 28.7. The maximum atomic E-state index is 15.0. The molecule has 0 bridgehead atoms. The summed E-state index contributed by atoms with van der Waals surface area (Å²) in [7, 11) is 0. The number of hydrogen-bond acceptors (Lipinski definition) is 11. The molecule has 1 aliphatic heterocycles. The molecule has 1 aliphatic rings. The van der Waals surface area contributed by atoms with E-state index in [1.54, 1.807) is 130 Å². The third-order valence-corrected chi connectivity index (χ3v) is 12.6. The van der Waals surface area contributed by atoms with Crippen LogP contribution in [0.2, 0.25) is 0 Å². The summed E-state index contributed by atoms with van der Waals surface area (Å²) in [5.74, 6) is -3.50. The molecular weight excluding hydrogens is 1020 g/mol. The van der Waals surface area contributed by atoms with Crippen molar-refractivity contribution in [2.24, 2.45) is 10.7 Å². The summed E-state index contributed by atoms with van der Waals surface area (Å²) in [4.78, 5) is 103. The molecule has 19 nitrogen and oxygen atoms in total. The lowest BCUT2D eigenvalue weighted by Crippen LogP contribution is -2.57. The minimum absolute atomic E-state index is 0.0759. The summed E-state index contributed by atoms with van der Waals surface area (Å²) in [6.45, 7) is 4.80. The van der Waals surface area contributed by atoms with Crippen LogP contribution in [0.5, 0.6) is 5.75 Å². The molecule has 7 N–H and O–H groups in total. The zero-order valence-corrected chi connectivity index (χ0v) is 44.8. The Morgan fingerprint density at radius 3 is 1.76 bits per heavy atom. The summed E-state index contributed by atoms with van der Waals surface area (Å²) < 4.78 is 22.5. The normalized spacial score (nSPS) is 13.9. The number of para-hydroxylation sites is 1. The van der Waals surface area contributed by atoms with E-state index in [1.807, 2.05) is 60.7 Å². The van der Waals surface area contributed by atoms with Crippen molar-refractivity contribution in [3.63, 3.8) is 0 Å². The van der Waals surface area contributed by atoms with Crippen molar-refractivity contribution in [3.05, 3.63) is 203 Å². The van der Waals surface area contributed by atoms with Crippen LogP contribution < -0.4 is 37.1 Å². The van der Waals surface area contributed by atoms with Gasteiger partial charge in [0.05, 0.1) is 5.92 Å². The maximum Gasteiger partial charge on any atom is 0.437 e. The summed E-state index contributed by atoms with van der Waals surface area (Å²) in [5.41, 5.74) is 10.3. The lowest BCUT2D eigenvalue weighted by atomic mass is 9.92. The highest BCUT2D eigenvalue weighted by Gasteiger charge is 2.37. The third kappa shape index (κ3) is 18.3. The summed E-state index contributed by atoms with van der Waals surface area (Å²) >= 11 is 0. The Morgan fingerprint density at radius 2 is 1.15 bits per heavy atom. The van der Waals surface area contributed by atoms with Crippen LogP contribution >= 0.6 is 0 Å². The highest BCUT2D eigenvalue weighted by Crippen LogP contribution is 2.35. The van der Waals surface area contributed by atoms with Crippen LogP contribution in [-0.2, 0) is 66.2 Å². The highest BCUT2D eigenvalue weighted by molar-refractivity contribution is 6.03. The molecule has 7 amide bonds. The van der Waals surface area contributed by atoms with Crippen LogP contribution in [0.15, 0.2) is 175 Å². The Labute approximate surface area is 464 Å². The smallest absolute Gasteiger partial charge is 0.437 e. The number of guanidine groups is 1. The molecule has 1 unspecified atom stereocenters. The molecule has 80 heavy (non-hydrogen) atoms. The van der Waals surface area contributed by atoms with Gasteiger partial charge in [-0.25, -0.2) is 19.3 Å². The summed E-state index contributed by atoms with van der Waals surface area (Å²) in [6.07, 6.45) is -3.57. The second-order valence-corrected chi connectivity index (χ2v) is 19.9.